The molecule has 0 fully saturated rings. The van der Waals surface area contributed by atoms with Crippen molar-refractivity contribution < 1.29 is 27.2 Å². The first-order valence-electron chi connectivity index (χ1n) is 9.62. The number of hydrogen-bond acceptors (Lipinski definition) is 8. The highest BCUT2D eigenvalue weighted by Gasteiger charge is 2.19. The predicted octanol–water partition coefficient (Wildman–Crippen LogP) is 2.73. The minimum absolute atomic E-state index is 0.00732. The van der Waals surface area contributed by atoms with E-state index in [0.717, 1.165) is 5.56 Å². The number of hydrogen-bond donors (Lipinski definition) is 1. The van der Waals surface area contributed by atoms with Crippen molar-refractivity contribution in [1.29, 1.82) is 0 Å². The first-order chi connectivity index (χ1) is 15.3. The van der Waals surface area contributed by atoms with Gasteiger partial charge in [0, 0.05) is 18.0 Å². The van der Waals surface area contributed by atoms with Gasteiger partial charge in [0.2, 0.25) is 0 Å². The number of rotatable bonds is 10. The minimum Gasteiger partial charge on any atom is -0.493 e. The number of sulfone groups is 1. The zero-order valence-corrected chi connectivity index (χ0v) is 19.1. The minimum atomic E-state index is -3.54. The molecular weight excluding hydrogens is 458 g/mol. The number of halogens is 1. The molecule has 170 valence electrons. The van der Waals surface area contributed by atoms with Crippen LogP contribution in [0.3, 0.4) is 0 Å². The summed E-state index contributed by atoms with van der Waals surface area (Å²) in [7, 11) is -0.430. The number of benzene rings is 2. The normalized spacial score (nSPS) is 11.2. The number of amides is 1. The van der Waals surface area contributed by atoms with E-state index in [0.29, 0.717) is 29.5 Å². The van der Waals surface area contributed by atoms with E-state index in [1.807, 2.05) is 12.1 Å². The van der Waals surface area contributed by atoms with Gasteiger partial charge in [-0.15, -0.1) is 0 Å². The van der Waals surface area contributed by atoms with Crippen LogP contribution in [-0.2, 0) is 22.7 Å². The predicted molar refractivity (Wildman–Crippen MR) is 117 cm³/mol. The molecule has 32 heavy (non-hydrogen) atoms. The fourth-order valence-corrected chi connectivity index (χ4v) is 4.23. The molecule has 1 amide bonds. The van der Waals surface area contributed by atoms with Crippen LogP contribution in [0.25, 0.3) is 0 Å². The fraction of sp³-hybridized carbons (Fsp3) is 0.286. The number of carbonyl (C=O) groups excluding carboxylic acids is 1. The molecule has 0 saturated heterocycles. The van der Waals surface area contributed by atoms with Crippen LogP contribution in [0, 0.1) is 0 Å². The molecule has 1 heterocycles. The molecule has 0 bridgehead atoms. The van der Waals surface area contributed by atoms with Crippen LogP contribution in [0.1, 0.15) is 22.1 Å². The molecule has 2 aromatic carbocycles. The second-order valence-corrected chi connectivity index (χ2v) is 9.28. The number of nitrogens with one attached hydrogen (secondary N) is 1. The van der Waals surface area contributed by atoms with Crippen molar-refractivity contribution in [3.8, 4) is 11.5 Å². The lowest BCUT2D eigenvalue weighted by molar-refractivity contribution is 0.0910. The Hall–Kier alpha value is -3.11. The largest absolute Gasteiger partial charge is 0.493 e. The molecule has 0 radical (unpaired) electrons. The van der Waals surface area contributed by atoms with Crippen molar-refractivity contribution in [2.75, 3.05) is 26.5 Å². The van der Waals surface area contributed by atoms with Crippen LogP contribution in [-0.4, -0.2) is 51.0 Å². The lowest BCUT2D eigenvalue weighted by Crippen LogP contribution is -2.26. The van der Waals surface area contributed by atoms with Gasteiger partial charge < -0.3 is 19.3 Å². The van der Waals surface area contributed by atoms with E-state index in [2.05, 4.69) is 15.5 Å². The Bertz CT molecular complexity index is 1180. The Kier molecular flexibility index (Phi) is 7.70. The summed E-state index contributed by atoms with van der Waals surface area (Å²) < 4.78 is 40.2. The van der Waals surface area contributed by atoms with Gasteiger partial charge in [-0.25, -0.2) is 8.42 Å². The Labute approximate surface area is 190 Å². The van der Waals surface area contributed by atoms with Crippen LogP contribution < -0.4 is 14.8 Å². The fourth-order valence-electron chi connectivity index (χ4n) is 2.87. The van der Waals surface area contributed by atoms with E-state index in [1.54, 1.807) is 20.3 Å². The summed E-state index contributed by atoms with van der Waals surface area (Å²) in [5, 5.41) is 6.83. The smallest absolute Gasteiger partial charge is 0.315 e. The third kappa shape index (κ3) is 5.98. The summed E-state index contributed by atoms with van der Waals surface area (Å²) in [5.74, 6) is 0.367. The summed E-state index contributed by atoms with van der Waals surface area (Å²) in [6, 6.07) is 11.4. The van der Waals surface area contributed by atoms with Crippen LogP contribution in [0.4, 0.5) is 0 Å². The van der Waals surface area contributed by atoms with Gasteiger partial charge in [-0.3, -0.25) is 4.79 Å². The summed E-state index contributed by atoms with van der Waals surface area (Å²) in [6.45, 7) is 0.330. The molecule has 0 spiro atoms. The Balaban J connectivity index is 1.51. The first kappa shape index (κ1) is 23.6. The molecule has 3 aromatic rings. The standard InChI is InChI=1S/C21H22ClN3O6S/c1-29-17-8-3-14(13-18(17)30-2)9-11-23-20(26)21-24-19(25-31-21)10-12-32(27,28)16-6-4-15(22)5-7-16/h3-8,13H,9-12H2,1-2H3,(H,23,26). The summed E-state index contributed by atoms with van der Waals surface area (Å²) in [4.78, 5) is 16.4. The third-order valence-corrected chi connectivity index (χ3v) is 6.56. The summed E-state index contributed by atoms with van der Waals surface area (Å²) in [5.41, 5.74) is 0.946. The number of nitrogens with zero attached hydrogens (tertiary/aromatic N) is 2. The number of aromatic nitrogens is 2. The first-order valence-corrected chi connectivity index (χ1v) is 11.7. The molecule has 9 nitrogen and oxygen atoms in total. The van der Waals surface area contributed by atoms with E-state index in [1.165, 1.54) is 24.3 Å². The zero-order valence-electron chi connectivity index (χ0n) is 17.5. The van der Waals surface area contributed by atoms with Crippen molar-refractivity contribution in [2.45, 2.75) is 17.7 Å². The van der Waals surface area contributed by atoms with Crippen LogP contribution in [0.15, 0.2) is 51.9 Å². The van der Waals surface area contributed by atoms with Crippen LogP contribution in [0.2, 0.25) is 5.02 Å². The third-order valence-electron chi connectivity index (χ3n) is 4.58. The highest BCUT2D eigenvalue weighted by molar-refractivity contribution is 7.91. The molecule has 0 aliphatic carbocycles. The molecule has 1 aromatic heterocycles. The van der Waals surface area contributed by atoms with E-state index < -0.39 is 15.7 Å². The van der Waals surface area contributed by atoms with Crippen LogP contribution in [0.5, 0.6) is 11.5 Å². The Morgan fingerprint density at radius 1 is 1.06 bits per heavy atom. The molecule has 1 N–H and O–H groups in total. The van der Waals surface area contributed by atoms with Gasteiger partial charge in [0.1, 0.15) is 0 Å². The van der Waals surface area contributed by atoms with Crippen molar-refractivity contribution in [3.63, 3.8) is 0 Å². The highest BCUT2D eigenvalue weighted by Crippen LogP contribution is 2.27. The molecule has 0 saturated carbocycles. The van der Waals surface area contributed by atoms with Gasteiger partial charge in [0.05, 0.1) is 24.9 Å². The number of ether oxygens (including phenoxy) is 2. The van der Waals surface area contributed by atoms with Crippen molar-refractivity contribution in [1.82, 2.24) is 15.5 Å². The van der Waals surface area contributed by atoms with Gasteiger partial charge in [-0.2, -0.15) is 4.98 Å². The van der Waals surface area contributed by atoms with Crippen LogP contribution >= 0.6 is 11.6 Å². The van der Waals surface area contributed by atoms with E-state index >= 15 is 0 Å². The molecule has 11 heteroatoms. The number of carbonyl (C=O) groups is 1. The maximum atomic E-state index is 12.4. The lowest BCUT2D eigenvalue weighted by atomic mass is 10.1. The molecular formula is C21H22ClN3O6S. The lowest BCUT2D eigenvalue weighted by Gasteiger charge is -2.09. The summed E-state index contributed by atoms with van der Waals surface area (Å²) >= 11 is 5.79. The van der Waals surface area contributed by atoms with Gasteiger partial charge in [-0.05, 0) is 48.4 Å². The number of methoxy groups -OCH3 is 2. The van der Waals surface area contributed by atoms with E-state index in [-0.39, 0.29) is 28.8 Å². The summed E-state index contributed by atoms with van der Waals surface area (Å²) in [6.07, 6.45) is 0.555. The van der Waals surface area contributed by atoms with E-state index in [4.69, 9.17) is 25.6 Å². The van der Waals surface area contributed by atoms with Crippen molar-refractivity contribution >= 4 is 27.3 Å². The van der Waals surface area contributed by atoms with Gasteiger partial charge >= 0.3 is 11.8 Å². The molecule has 0 unspecified atom stereocenters. The van der Waals surface area contributed by atoms with Crippen molar-refractivity contribution in [3.05, 3.63) is 64.8 Å². The SMILES string of the molecule is COc1ccc(CCNC(=O)c2nc(CCS(=O)(=O)c3ccc(Cl)cc3)no2)cc1OC. The van der Waals surface area contributed by atoms with Gasteiger partial charge in [0.25, 0.3) is 0 Å². The van der Waals surface area contributed by atoms with Gasteiger partial charge in [0.15, 0.2) is 27.2 Å². The second-order valence-electron chi connectivity index (χ2n) is 6.73. The maximum absolute atomic E-state index is 12.4. The van der Waals surface area contributed by atoms with Crippen molar-refractivity contribution in [2.24, 2.45) is 0 Å². The molecule has 3 rings (SSSR count). The maximum Gasteiger partial charge on any atom is 0.315 e. The van der Waals surface area contributed by atoms with E-state index in [9.17, 15) is 13.2 Å². The second kappa shape index (κ2) is 10.5. The highest BCUT2D eigenvalue weighted by atomic mass is 35.5. The monoisotopic (exact) mass is 479 g/mol. The average Bonchev–Trinajstić information content (AvgIpc) is 3.27. The zero-order chi connectivity index (χ0) is 23.1. The molecule has 0 aliphatic heterocycles. The topological polar surface area (TPSA) is 121 Å². The Morgan fingerprint density at radius 3 is 2.47 bits per heavy atom. The number of aryl methyl sites for hydroxylation is 1. The molecule has 0 aliphatic rings. The Morgan fingerprint density at radius 2 is 1.78 bits per heavy atom. The molecule has 0 atom stereocenters. The average molecular weight is 480 g/mol. The van der Waals surface area contributed by atoms with Gasteiger partial charge in [-0.1, -0.05) is 22.8 Å². The quantitative estimate of drug-likeness (QED) is 0.471.